The third-order valence-electron chi connectivity index (χ3n) is 1.58. The number of nitrogens with one attached hydrogen (secondary N) is 3. The molecule has 0 aromatic rings. The van der Waals surface area contributed by atoms with Crippen LogP contribution in [0.15, 0.2) is 0 Å². The Kier molecular flexibility index (Phi) is 3.67. The standard InChI is InChI=1S/C6H16N4/c7-1-2-9-6-5-8-3-4-10-6/h6,8-10H,1-5,7H2. The molecular formula is C6H16N4. The third-order valence-corrected chi connectivity index (χ3v) is 1.58. The van der Waals surface area contributed by atoms with Crippen LogP contribution in [-0.4, -0.2) is 38.9 Å². The van der Waals surface area contributed by atoms with Crippen molar-refractivity contribution >= 4 is 0 Å². The molecule has 0 spiro atoms. The lowest BCUT2D eigenvalue weighted by Crippen LogP contribution is -2.56. The van der Waals surface area contributed by atoms with E-state index in [4.69, 9.17) is 5.73 Å². The second-order valence-corrected chi connectivity index (χ2v) is 2.45. The van der Waals surface area contributed by atoms with Gasteiger partial charge in [0.15, 0.2) is 0 Å². The van der Waals surface area contributed by atoms with Crippen molar-refractivity contribution in [3.63, 3.8) is 0 Å². The molecule has 60 valence electrons. The van der Waals surface area contributed by atoms with Crippen LogP contribution >= 0.6 is 0 Å². The summed E-state index contributed by atoms with van der Waals surface area (Å²) in [6.07, 6.45) is 0.414. The van der Waals surface area contributed by atoms with E-state index in [1.54, 1.807) is 0 Å². The Hall–Kier alpha value is -0.160. The molecule has 1 saturated heterocycles. The molecule has 0 aromatic carbocycles. The van der Waals surface area contributed by atoms with E-state index in [9.17, 15) is 0 Å². The summed E-state index contributed by atoms with van der Waals surface area (Å²) in [5, 5.41) is 9.88. The SMILES string of the molecule is NCCNC1CNCCN1. The average molecular weight is 144 g/mol. The Balaban J connectivity index is 2.02. The zero-order valence-corrected chi connectivity index (χ0v) is 6.19. The van der Waals surface area contributed by atoms with E-state index < -0.39 is 0 Å². The first-order valence-electron chi connectivity index (χ1n) is 3.81. The van der Waals surface area contributed by atoms with E-state index >= 15 is 0 Å². The van der Waals surface area contributed by atoms with Gasteiger partial charge in [-0.15, -0.1) is 0 Å². The fourth-order valence-corrected chi connectivity index (χ4v) is 1.06. The van der Waals surface area contributed by atoms with E-state index in [2.05, 4.69) is 16.0 Å². The summed E-state index contributed by atoms with van der Waals surface area (Å²) in [7, 11) is 0. The Bertz CT molecular complexity index is 79.8. The van der Waals surface area contributed by atoms with Gasteiger partial charge in [0.25, 0.3) is 0 Å². The van der Waals surface area contributed by atoms with Gasteiger partial charge in [-0.25, -0.2) is 0 Å². The fourth-order valence-electron chi connectivity index (χ4n) is 1.06. The quantitative estimate of drug-likeness (QED) is 0.372. The minimum atomic E-state index is 0.414. The summed E-state index contributed by atoms with van der Waals surface area (Å²) in [4.78, 5) is 0. The van der Waals surface area contributed by atoms with Gasteiger partial charge in [-0.2, -0.15) is 0 Å². The summed E-state index contributed by atoms with van der Waals surface area (Å²) < 4.78 is 0. The predicted molar refractivity (Wildman–Crippen MR) is 41.7 cm³/mol. The Morgan fingerprint density at radius 2 is 2.40 bits per heavy atom. The van der Waals surface area contributed by atoms with Crippen molar-refractivity contribution in [3.05, 3.63) is 0 Å². The van der Waals surface area contributed by atoms with Gasteiger partial charge in [-0.1, -0.05) is 0 Å². The second-order valence-electron chi connectivity index (χ2n) is 2.45. The van der Waals surface area contributed by atoms with Crippen molar-refractivity contribution in [3.8, 4) is 0 Å². The molecule has 0 bridgehead atoms. The van der Waals surface area contributed by atoms with E-state index in [-0.39, 0.29) is 0 Å². The molecular weight excluding hydrogens is 128 g/mol. The molecule has 4 heteroatoms. The zero-order chi connectivity index (χ0) is 7.23. The van der Waals surface area contributed by atoms with Crippen LogP contribution < -0.4 is 21.7 Å². The molecule has 0 aromatic heterocycles. The smallest absolute Gasteiger partial charge is 0.0701 e. The molecule has 0 amide bonds. The minimum absolute atomic E-state index is 0.414. The van der Waals surface area contributed by atoms with Gasteiger partial charge in [-0.05, 0) is 0 Å². The highest BCUT2D eigenvalue weighted by atomic mass is 15.2. The fraction of sp³-hybridized carbons (Fsp3) is 1.00. The van der Waals surface area contributed by atoms with Crippen LogP contribution in [0.25, 0.3) is 0 Å². The highest BCUT2D eigenvalue weighted by Crippen LogP contribution is 1.79. The van der Waals surface area contributed by atoms with E-state index in [1.807, 2.05) is 0 Å². The zero-order valence-electron chi connectivity index (χ0n) is 6.19. The Morgan fingerprint density at radius 3 is 3.00 bits per heavy atom. The maximum Gasteiger partial charge on any atom is 0.0701 e. The van der Waals surface area contributed by atoms with Gasteiger partial charge in [0.2, 0.25) is 0 Å². The first-order valence-corrected chi connectivity index (χ1v) is 3.81. The van der Waals surface area contributed by atoms with Crippen molar-refractivity contribution in [1.82, 2.24) is 16.0 Å². The molecule has 4 nitrogen and oxygen atoms in total. The average Bonchev–Trinajstić information content (AvgIpc) is 2.03. The van der Waals surface area contributed by atoms with E-state index in [1.165, 1.54) is 0 Å². The Morgan fingerprint density at radius 1 is 1.50 bits per heavy atom. The number of nitrogens with two attached hydrogens (primary N) is 1. The van der Waals surface area contributed by atoms with Crippen LogP contribution in [0.4, 0.5) is 0 Å². The van der Waals surface area contributed by atoms with E-state index in [0.29, 0.717) is 12.7 Å². The van der Waals surface area contributed by atoms with Crippen molar-refractivity contribution in [2.24, 2.45) is 5.73 Å². The molecule has 0 saturated carbocycles. The van der Waals surface area contributed by atoms with Crippen LogP contribution in [0.3, 0.4) is 0 Å². The molecule has 1 fully saturated rings. The lowest BCUT2D eigenvalue weighted by Gasteiger charge is -2.25. The van der Waals surface area contributed by atoms with Gasteiger partial charge in [-0.3, -0.25) is 10.6 Å². The molecule has 10 heavy (non-hydrogen) atoms. The summed E-state index contributed by atoms with van der Waals surface area (Å²) in [5.74, 6) is 0. The molecule has 5 N–H and O–H groups in total. The summed E-state index contributed by atoms with van der Waals surface area (Å²) in [5.41, 5.74) is 5.34. The summed E-state index contributed by atoms with van der Waals surface area (Å²) >= 11 is 0. The van der Waals surface area contributed by atoms with Crippen LogP contribution in [0, 0.1) is 0 Å². The normalized spacial score (nSPS) is 26.7. The van der Waals surface area contributed by atoms with Crippen molar-refractivity contribution in [2.45, 2.75) is 6.17 Å². The first kappa shape index (κ1) is 7.94. The predicted octanol–water partition coefficient (Wildman–Crippen LogP) is -1.95. The maximum absolute atomic E-state index is 5.34. The number of piperazine rings is 1. The largest absolute Gasteiger partial charge is 0.329 e. The van der Waals surface area contributed by atoms with Gasteiger partial charge in [0.1, 0.15) is 0 Å². The van der Waals surface area contributed by atoms with Crippen LogP contribution in [-0.2, 0) is 0 Å². The van der Waals surface area contributed by atoms with Crippen LogP contribution in [0.5, 0.6) is 0 Å². The first-order chi connectivity index (χ1) is 4.93. The Labute approximate surface area is 61.5 Å². The highest BCUT2D eigenvalue weighted by molar-refractivity contribution is 4.72. The molecule has 1 rings (SSSR count). The molecule has 1 aliphatic rings. The monoisotopic (exact) mass is 144 g/mol. The minimum Gasteiger partial charge on any atom is -0.329 e. The molecule has 1 unspecified atom stereocenters. The lowest BCUT2D eigenvalue weighted by molar-refractivity contribution is 0.364. The van der Waals surface area contributed by atoms with Gasteiger partial charge in [0.05, 0.1) is 6.17 Å². The van der Waals surface area contributed by atoms with Gasteiger partial charge in [0, 0.05) is 32.7 Å². The van der Waals surface area contributed by atoms with Crippen molar-refractivity contribution in [2.75, 3.05) is 32.7 Å². The van der Waals surface area contributed by atoms with Crippen molar-refractivity contribution < 1.29 is 0 Å². The van der Waals surface area contributed by atoms with E-state index in [0.717, 1.165) is 26.2 Å². The van der Waals surface area contributed by atoms with Gasteiger partial charge >= 0.3 is 0 Å². The van der Waals surface area contributed by atoms with Crippen molar-refractivity contribution in [1.29, 1.82) is 0 Å². The molecule has 1 atom stereocenters. The van der Waals surface area contributed by atoms with Crippen LogP contribution in [0.2, 0.25) is 0 Å². The number of hydrogen-bond acceptors (Lipinski definition) is 4. The molecule has 0 aliphatic carbocycles. The third kappa shape index (κ3) is 2.62. The highest BCUT2D eigenvalue weighted by Gasteiger charge is 2.08. The molecule has 0 radical (unpaired) electrons. The second kappa shape index (κ2) is 4.62. The van der Waals surface area contributed by atoms with Gasteiger partial charge < -0.3 is 11.1 Å². The summed E-state index contributed by atoms with van der Waals surface area (Å²) in [6.45, 7) is 4.71. The number of hydrogen-bond donors (Lipinski definition) is 4. The molecule has 1 heterocycles. The molecule has 1 aliphatic heterocycles. The topological polar surface area (TPSA) is 62.1 Å². The lowest BCUT2D eigenvalue weighted by atomic mass is 10.3. The summed E-state index contributed by atoms with van der Waals surface area (Å²) in [6, 6.07) is 0. The number of rotatable bonds is 3. The maximum atomic E-state index is 5.34. The van der Waals surface area contributed by atoms with Crippen LogP contribution in [0.1, 0.15) is 0 Å².